The van der Waals surface area contributed by atoms with E-state index in [0.29, 0.717) is 12.5 Å². The molecule has 0 aliphatic carbocycles. The van der Waals surface area contributed by atoms with Crippen LogP contribution in [0.5, 0.6) is 0 Å². The lowest BCUT2D eigenvalue weighted by molar-refractivity contribution is 0.499. The fourth-order valence-electron chi connectivity index (χ4n) is 1.44. The Morgan fingerprint density at radius 3 is 2.39 bits per heavy atom. The molecule has 0 fully saturated rings. The van der Waals surface area contributed by atoms with E-state index in [0.717, 1.165) is 10.7 Å². The lowest BCUT2D eigenvalue weighted by Gasteiger charge is -2.13. The Hall–Kier alpha value is -1.14. The van der Waals surface area contributed by atoms with Crippen molar-refractivity contribution in [1.29, 1.82) is 0 Å². The summed E-state index contributed by atoms with van der Waals surface area (Å²) < 4.78 is 26.5. The zero-order valence-electron chi connectivity index (χ0n) is 11.3. The van der Waals surface area contributed by atoms with Gasteiger partial charge in [0, 0.05) is 32.9 Å². The molecule has 0 saturated heterocycles. The molecule has 5 nitrogen and oxygen atoms in total. The molecular weight excluding hydrogens is 252 g/mol. The van der Waals surface area contributed by atoms with Crippen LogP contribution in [0.4, 0.5) is 0 Å². The average Bonchev–Trinajstić information content (AvgIpc) is 2.27. The molecule has 0 aliphatic rings. The van der Waals surface area contributed by atoms with Crippen molar-refractivity contribution >= 4 is 10.0 Å². The van der Waals surface area contributed by atoms with E-state index in [1.165, 1.54) is 37.0 Å². The van der Waals surface area contributed by atoms with Crippen LogP contribution in [-0.4, -0.2) is 31.4 Å². The molecule has 6 heteroatoms. The maximum absolute atomic E-state index is 11.9. The average molecular weight is 272 g/mol. The highest BCUT2D eigenvalue weighted by Crippen LogP contribution is 2.11. The lowest BCUT2D eigenvalue weighted by atomic mass is 10.1. The van der Waals surface area contributed by atoms with Crippen molar-refractivity contribution in [3.63, 3.8) is 0 Å². The molecule has 18 heavy (non-hydrogen) atoms. The summed E-state index contributed by atoms with van der Waals surface area (Å²) in [4.78, 5) is 11.8. The highest BCUT2D eigenvalue weighted by atomic mass is 32.2. The van der Waals surface area contributed by atoms with Crippen molar-refractivity contribution in [3.8, 4) is 0 Å². The minimum absolute atomic E-state index is 0.149. The number of pyridine rings is 1. The van der Waals surface area contributed by atoms with Gasteiger partial charge in [0.25, 0.3) is 5.56 Å². The van der Waals surface area contributed by atoms with Crippen molar-refractivity contribution in [2.75, 3.05) is 14.1 Å². The van der Waals surface area contributed by atoms with Gasteiger partial charge in [-0.3, -0.25) is 4.79 Å². The van der Waals surface area contributed by atoms with E-state index in [9.17, 15) is 13.2 Å². The topological polar surface area (TPSA) is 59.4 Å². The lowest BCUT2D eigenvalue weighted by Crippen LogP contribution is -2.26. The van der Waals surface area contributed by atoms with Crippen LogP contribution in [-0.2, 0) is 16.6 Å². The van der Waals surface area contributed by atoms with E-state index in [-0.39, 0.29) is 10.5 Å². The summed E-state index contributed by atoms with van der Waals surface area (Å²) in [6.45, 7) is 4.66. The second kappa shape index (κ2) is 5.67. The third-order valence-corrected chi connectivity index (χ3v) is 4.48. The minimum atomic E-state index is -3.48. The predicted molar refractivity (Wildman–Crippen MR) is 71.0 cm³/mol. The van der Waals surface area contributed by atoms with E-state index in [1.54, 1.807) is 0 Å². The third-order valence-electron chi connectivity index (χ3n) is 2.68. The van der Waals surface area contributed by atoms with Gasteiger partial charge >= 0.3 is 0 Å². The Labute approximate surface area is 108 Å². The minimum Gasteiger partial charge on any atom is -0.314 e. The first-order chi connectivity index (χ1) is 8.25. The maximum Gasteiger partial charge on any atom is 0.250 e. The Kier molecular flexibility index (Phi) is 4.70. The molecule has 1 aromatic heterocycles. The van der Waals surface area contributed by atoms with Crippen LogP contribution in [0.15, 0.2) is 28.0 Å². The Morgan fingerprint density at radius 2 is 1.89 bits per heavy atom. The van der Waals surface area contributed by atoms with Crippen molar-refractivity contribution in [2.45, 2.75) is 31.7 Å². The molecule has 0 saturated carbocycles. The Balaban J connectivity index is 3.12. The highest BCUT2D eigenvalue weighted by Gasteiger charge is 2.17. The van der Waals surface area contributed by atoms with Gasteiger partial charge in [0.05, 0.1) is 4.90 Å². The number of rotatable bonds is 5. The molecule has 0 amide bonds. The molecule has 1 rings (SSSR count). The van der Waals surface area contributed by atoms with Gasteiger partial charge in [0.1, 0.15) is 0 Å². The van der Waals surface area contributed by atoms with Gasteiger partial charge in [0.2, 0.25) is 10.0 Å². The van der Waals surface area contributed by atoms with Crippen LogP contribution in [0.3, 0.4) is 0 Å². The van der Waals surface area contributed by atoms with Gasteiger partial charge in [-0.2, -0.15) is 0 Å². The zero-order valence-corrected chi connectivity index (χ0v) is 12.1. The summed E-state index contributed by atoms with van der Waals surface area (Å²) in [6, 6.07) is 2.65. The van der Waals surface area contributed by atoms with Crippen LogP contribution in [0, 0.1) is 5.92 Å². The largest absolute Gasteiger partial charge is 0.314 e. The first-order valence-electron chi connectivity index (χ1n) is 5.88. The van der Waals surface area contributed by atoms with E-state index in [2.05, 4.69) is 13.8 Å². The Morgan fingerprint density at radius 1 is 1.28 bits per heavy atom. The van der Waals surface area contributed by atoms with Crippen LogP contribution < -0.4 is 5.56 Å². The number of aryl methyl sites for hydroxylation is 1. The molecule has 0 spiro atoms. The van der Waals surface area contributed by atoms with Gasteiger partial charge < -0.3 is 4.57 Å². The monoisotopic (exact) mass is 272 g/mol. The SMILES string of the molecule is CC(C)CCn1cc(S(=O)(=O)N(C)C)ccc1=O. The molecule has 0 N–H and O–H groups in total. The van der Waals surface area contributed by atoms with Gasteiger partial charge in [-0.15, -0.1) is 0 Å². The van der Waals surface area contributed by atoms with Crippen molar-refractivity contribution in [3.05, 3.63) is 28.7 Å². The van der Waals surface area contributed by atoms with E-state index >= 15 is 0 Å². The summed E-state index contributed by atoms with van der Waals surface area (Å²) in [6.07, 6.45) is 2.26. The van der Waals surface area contributed by atoms with Crippen molar-refractivity contribution in [1.82, 2.24) is 8.87 Å². The van der Waals surface area contributed by atoms with E-state index in [1.807, 2.05) is 0 Å². The van der Waals surface area contributed by atoms with Gasteiger partial charge in [-0.25, -0.2) is 12.7 Å². The summed E-state index contributed by atoms with van der Waals surface area (Å²) in [5.41, 5.74) is -0.173. The number of hydrogen-bond donors (Lipinski definition) is 0. The third kappa shape index (κ3) is 3.43. The van der Waals surface area contributed by atoms with E-state index in [4.69, 9.17) is 0 Å². The molecule has 1 aromatic rings. The second-order valence-corrected chi connectivity index (χ2v) is 7.02. The number of sulfonamides is 1. The molecule has 1 heterocycles. The van der Waals surface area contributed by atoms with Gasteiger partial charge in [-0.05, 0) is 18.4 Å². The van der Waals surface area contributed by atoms with Crippen LogP contribution >= 0.6 is 0 Å². The number of aromatic nitrogens is 1. The zero-order chi connectivity index (χ0) is 13.9. The summed E-state index contributed by atoms with van der Waals surface area (Å²) in [5.74, 6) is 0.464. The van der Waals surface area contributed by atoms with Crippen molar-refractivity contribution < 1.29 is 8.42 Å². The van der Waals surface area contributed by atoms with Crippen LogP contribution in [0.2, 0.25) is 0 Å². The fourth-order valence-corrected chi connectivity index (χ4v) is 2.37. The fraction of sp³-hybridized carbons (Fsp3) is 0.583. The van der Waals surface area contributed by atoms with E-state index < -0.39 is 10.0 Å². The first kappa shape index (κ1) is 14.9. The summed E-state index contributed by atoms with van der Waals surface area (Å²) in [5, 5.41) is 0. The molecule has 0 radical (unpaired) electrons. The molecule has 0 aromatic carbocycles. The number of hydrogen-bond acceptors (Lipinski definition) is 3. The summed E-state index contributed by atoms with van der Waals surface area (Å²) in [7, 11) is -0.539. The second-order valence-electron chi connectivity index (χ2n) is 4.87. The van der Waals surface area contributed by atoms with Crippen LogP contribution in [0.1, 0.15) is 20.3 Å². The molecule has 0 aliphatic heterocycles. The maximum atomic E-state index is 11.9. The Bertz CT molecular complexity index is 559. The molecule has 0 unspecified atom stereocenters. The van der Waals surface area contributed by atoms with Gasteiger partial charge in [-0.1, -0.05) is 13.8 Å². The highest BCUT2D eigenvalue weighted by molar-refractivity contribution is 7.89. The smallest absolute Gasteiger partial charge is 0.250 e. The molecule has 102 valence electrons. The predicted octanol–water partition coefficient (Wildman–Crippen LogP) is 1.14. The molecule has 0 atom stereocenters. The quantitative estimate of drug-likeness (QED) is 0.807. The van der Waals surface area contributed by atoms with Gasteiger partial charge in [0.15, 0.2) is 0 Å². The molecule has 0 bridgehead atoms. The first-order valence-corrected chi connectivity index (χ1v) is 7.32. The summed E-state index contributed by atoms with van der Waals surface area (Å²) >= 11 is 0. The molecular formula is C12H20N2O3S. The van der Waals surface area contributed by atoms with Crippen molar-refractivity contribution in [2.24, 2.45) is 5.92 Å². The standard InChI is InChI=1S/C12H20N2O3S/c1-10(2)7-8-14-9-11(5-6-12(14)15)18(16,17)13(3)4/h5-6,9-10H,7-8H2,1-4H3. The number of nitrogens with zero attached hydrogens (tertiary/aromatic N) is 2. The normalized spacial score (nSPS) is 12.3. The van der Waals surface area contributed by atoms with Crippen LogP contribution in [0.25, 0.3) is 0 Å².